The van der Waals surface area contributed by atoms with E-state index in [9.17, 15) is 28.8 Å². The van der Waals surface area contributed by atoms with Crippen molar-refractivity contribution in [2.75, 3.05) is 0 Å². The van der Waals surface area contributed by atoms with Gasteiger partial charge in [0.15, 0.2) is 0 Å². The Bertz CT molecular complexity index is 789. The summed E-state index contributed by atoms with van der Waals surface area (Å²) >= 11 is 0. The van der Waals surface area contributed by atoms with Crippen molar-refractivity contribution in [3.8, 4) is 0 Å². The van der Waals surface area contributed by atoms with Crippen LogP contribution >= 0.6 is 0 Å². The quantitative estimate of drug-likeness (QED) is 0.392. The van der Waals surface area contributed by atoms with E-state index in [0.717, 1.165) is 13.7 Å². The normalized spacial score (nSPS) is 12.9. The van der Waals surface area contributed by atoms with Gasteiger partial charge in [0.25, 0.3) is 0 Å². The molecule has 10 heteroatoms. The second kappa shape index (κ2) is 7.91. The van der Waals surface area contributed by atoms with Crippen molar-refractivity contribution in [2.24, 2.45) is 5.92 Å². The van der Waals surface area contributed by atoms with Crippen molar-refractivity contribution in [3.63, 3.8) is 0 Å². The minimum atomic E-state index is -4.32. The molecule has 1 unspecified atom stereocenters. The van der Waals surface area contributed by atoms with Gasteiger partial charge in [-0.15, -0.1) is 0 Å². The monoisotopic (exact) mass is 371 g/mol. The Hall–Kier alpha value is -2.01. The molecule has 0 aromatic carbocycles. The minimum Gasteiger partial charge on any atom is -0.390 e. The number of nitrogens with zero attached hydrogens (tertiary/aromatic N) is 3. The average molecular weight is 371 g/mol. The molecule has 1 aromatic rings. The summed E-state index contributed by atoms with van der Waals surface area (Å²) in [5.74, 6) is -0.564. The molecule has 0 aliphatic heterocycles. The lowest BCUT2D eigenvalue weighted by atomic mass is 10.2. The smallest absolute Gasteiger partial charge is 0.390 e. The molecule has 1 heterocycles. The van der Waals surface area contributed by atoms with E-state index >= 15 is 0 Å². The highest BCUT2D eigenvalue weighted by Crippen LogP contribution is 2.10. The largest absolute Gasteiger partial charge is 0.493 e. The highest BCUT2D eigenvalue weighted by Gasteiger charge is 2.30. The number of hydrogen-bond acceptors (Lipinski definition) is 6. The molecular weight excluding hydrogens is 346 g/mol. The maximum atomic E-state index is 12.6. The minimum absolute atomic E-state index is 0.0405. The van der Waals surface area contributed by atoms with Crippen LogP contribution in [0.4, 0.5) is 0 Å². The zero-order valence-electron chi connectivity index (χ0n) is 14.7. The van der Waals surface area contributed by atoms with Gasteiger partial charge in [-0.1, -0.05) is 31.2 Å². The van der Waals surface area contributed by atoms with Crippen LogP contribution in [0, 0.1) is 5.92 Å². The number of allylic oxidation sites excluding steroid dienone is 2. The third-order valence-corrected chi connectivity index (χ3v) is 4.60. The van der Waals surface area contributed by atoms with Crippen LogP contribution in [0.3, 0.4) is 0 Å². The Labute approximate surface area is 145 Å². The first kappa shape index (κ1) is 21.0. The molecule has 0 aliphatic rings. The van der Waals surface area contributed by atoms with Gasteiger partial charge in [0.1, 0.15) is 0 Å². The standard InChI is InChI=1S/C15H25N3O6Si/c1-10(2)6-16-13(19)17(7-11(3)4)15(21)18(14(16)20)8-12(5)9-25(22,23)24/h12,22-24H,1,3,6-9H2,2,4-5H3. The molecule has 25 heavy (non-hydrogen) atoms. The van der Waals surface area contributed by atoms with Crippen molar-refractivity contribution in [1.29, 1.82) is 0 Å². The van der Waals surface area contributed by atoms with Gasteiger partial charge in [0.05, 0.1) is 13.1 Å². The number of rotatable bonds is 8. The lowest BCUT2D eigenvalue weighted by Crippen LogP contribution is -2.55. The summed E-state index contributed by atoms with van der Waals surface area (Å²) in [6.07, 6.45) is 0. The topological polar surface area (TPSA) is 127 Å². The van der Waals surface area contributed by atoms with Crippen LogP contribution in [0.2, 0.25) is 6.04 Å². The van der Waals surface area contributed by atoms with E-state index in [-0.39, 0.29) is 25.7 Å². The fourth-order valence-electron chi connectivity index (χ4n) is 2.49. The Balaban J connectivity index is 3.52. The first-order valence-corrected chi connectivity index (χ1v) is 9.78. The Kier molecular flexibility index (Phi) is 6.66. The van der Waals surface area contributed by atoms with E-state index in [1.54, 1.807) is 20.8 Å². The molecule has 0 amide bonds. The van der Waals surface area contributed by atoms with Gasteiger partial charge in [0, 0.05) is 12.6 Å². The van der Waals surface area contributed by atoms with Crippen molar-refractivity contribution in [1.82, 2.24) is 13.7 Å². The van der Waals surface area contributed by atoms with E-state index in [0.29, 0.717) is 11.1 Å². The molecule has 0 radical (unpaired) electrons. The highest BCUT2D eigenvalue weighted by atomic mass is 28.4. The lowest BCUT2D eigenvalue weighted by molar-refractivity contribution is 0.215. The maximum absolute atomic E-state index is 12.6. The van der Waals surface area contributed by atoms with E-state index in [1.807, 2.05) is 0 Å². The van der Waals surface area contributed by atoms with Gasteiger partial charge in [-0.25, -0.2) is 28.1 Å². The van der Waals surface area contributed by atoms with Crippen molar-refractivity contribution in [2.45, 2.75) is 46.4 Å². The SMILES string of the molecule is C=C(C)Cn1c(=O)n(CC(=C)C)c(=O)n(CC(C)C[Si](O)(O)O)c1=O. The molecule has 9 nitrogen and oxygen atoms in total. The summed E-state index contributed by atoms with van der Waals surface area (Å²) in [6, 6.07) is -0.334. The molecule has 0 saturated heterocycles. The first-order chi connectivity index (χ1) is 11.3. The van der Waals surface area contributed by atoms with Crippen molar-refractivity contribution >= 4 is 8.80 Å². The van der Waals surface area contributed by atoms with Crippen molar-refractivity contribution in [3.05, 3.63) is 55.8 Å². The number of aromatic nitrogens is 3. The fraction of sp³-hybridized carbons (Fsp3) is 0.533. The molecule has 3 N–H and O–H groups in total. The highest BCUT2D eigenvalue weighted by molar-refractivity contribution is 6.56. The van der Waals surface area contributed by atoms with E-state index in [1.165, 1.54) is 0 Å². The van der Waals surface area contributed by atoms with Crippen LogP contribution in [-0.2, 0) is 19.6 Å². The Morgan fingerprint density at radius 3 is 1.60 bits per heavy atom. The molecule has 0 bridgehead atoms. The van der Waals surface area contributed by atoms with Gasteiger partial charge in [-0.3, -0.25) is 0 Å². The predicted molar refractivity (Wildman–Crippen MR) is 95.2 cm³/mol. The Morgan fingerprint density at radius 2 is 1.28 bits per heavy atom. The molecule has 0 fully saturated rings. The summed E-state index contributed by atoms with van der Waals surface area (Å²) in [7, 11) is -4.32. The fourth-order valence-corrected chi connectivity index (χ4v) is 3.56. The molecule has 0 saturated carbocycles. The third kappa shape index (κ3) is 5.78. The lowest BCUT2D eigenvalue weighted by Gasteiger charge is -2.18. The van der Waals surface area contributed by atoms with E-state index < -0.39 is 31.8 Å². The molecule has 1 rings (SSSR count). The van der Waals surface area contributed by atoms with Crippen LogP contribution in [0.5, 0.6) is 0 Å². The first-order valence-electron chi connectivity index (χ1n) is 7.74. The second-order valence-corrected chi connectivity index (χ2v) is 8.59. The van der Waals surface area contributed by atoms with Gasteiger partial charge in [-0.05, 0) is 19.8 Å². The molecule has 1 atom stereocenters. The van der Waals surface area contributed by atoms with E-state index in [4.69, 9.17) is 0 Å². The van der Waals surface area contributed by atoms with E-state index in [2.05, 4.69) is 13.2 Å². The van der Waals surface area contributed by atoms with Crippen molar-refractivity contribution < 1.29 is 14.4 Å². The summed E-state index contributed by atoms with van der Waals surface area (Å²) in [4.78, 5) is 65.2. The van der Waals surface area contributed by atoms with Gasteiger partial charge in [-0.2, -0.15) is 0 Å². The molecule has 0 aliphatic carbocycles. The second-order valence-electron chi connectivity index (χ2n) is 6.63. The van der Waals surface area contributed by atoms with Gasteiger partial charge in [0.2, 0.25) is 0 Å². The molecule has 1 aromatic heterocycles. The van der Waals surface area contributed by atoms with Crippen LogP contribution in [0.15, 0.2) is 38.7 Å². The zero-order chi connectivity index (χ0) is 19.5. The molecule has 140 valence electrons. The van der Waals surface area contributed by atoms with Gasteiger partial charge >= 0.3 is 25.9 Å². The zero-order valence-corrected chi connectivity index (χ0v) is 15.7. The predicted octanol–water partition coefficient (Wildman–Crippen LogP) is -1.12. The summed E-state index contributed by atoms with van der Waals surface area (Å²) in [5, 5.41) is 0. The number of hydrogen-bond donors (Lipinski definition) is 3. The van der Waals surface area contributed by atoms with Crippen LogP contribution in [-0.4, -0.2) is 36.9 Å². The van der Waals surface area contributed by atoms with Gasteiger partial charge < -0.3 is 14.4 Å². The molecular formula is C15H25N3O6Si. The summed E-state index contributed by atoms with van der Waals surface area (Å²) in [5.41, 5.74) is -1.23. The van der Waals surface area contributed by atoms with Crippen LogP contribution in [0.1, 0.15) is 20.8 Å². The summed E-state index contributed by atoms with van der Waals surface area (Å²) < 4.78 is 2.67. The van der Waals surface area contributed by atoms with Crippen LogP contribution in [0.25, 0.3) is 0 Å². The Morgan fingerprint density at radius 1 is 0.920 bits per heavy atom. The average Bonchev–Trinajstić information content (AvgIpc) is 2.42. The summed E-state index contributed by atoms with van der Waals surface area (Å²) in [6.45, 7) is 12.0. The molecule has 0 spiro atoms. The third-order valence-electron chi connectivity index (χ3n) is 3.36. The maximum Gasteiger partial charge on any atom is 0.493 e. The van der Waals surface area contributed by atoms with Crippen LogP contribution < -0.4 is 17.1 Å².